The molecule has 1 rings (SSSR count). The van der Waals surface area contributed by atoms with Crippen LogP contribution in [0.15, 0.2) is 30.3 Å². The molecule has 0 aliphatic heterocycles. The summed E-state index contributed by atoms with van der Waals surface area (Å²) in [4.78, 5) is 24.7. The van der Waals surface area contributed by atoms with E-state index in [0.29, 0.717) is 19.4 Å². The van der Waals surface area contributed by atoms with Crippen molar-refractivity contribution in [1.29, 1.82) is 0 Å². The highest BCUT2D eigenvalue weighted by atomic mass is 16.5. The van der Waals surface area contributed by atoms with Gasteiger partial charge >= 0.3 is 12.0 Å². The number of urea groups is 1. The van der Waals surface area contributed by atoms with Gasteiger partial charge in [0, 0.05) is 20.0 Å². The first kappa shape index (κ1) is 17.0. The van der Waals surface area contributed by atoms with E-state index in [-0.39, 0.29) is 18.0 Å². The molecular weight excluding hydrogens is 268 g/mol. The number of ether oxygens (including phenoxy) is 1. The van der Waals surface area contributed by atoms with Crippen molar-refractivity contribution in [2.75, 3.05) is 20.7 Å². The average Bonchev–Trinajstić information content (AvgIpc) is 2.53. The lowest BCUT2D eigenvalue weighted by Gasteiger charge is -2.25. The lowest BCUT2D eigenvalue weighted by atomic mass is 10.1. The molecule has 1 aromatic carbocycles. The Bertz CT molecular complexity index is 448. The third-order valence-electron chi connectivity index (χ3n) is 3.49. The zero-order valence-electron chi connectivity index (χ0n) is 13.0. The highest BCUT2D eigenvalue weighted by molar-refractivity contribution is 5.74. The highest BCUT2D eigenvalue weighted by Crippen LogP contribution is 2.17. The van der Waals surface area contributed by atoms with Gasteiger partial charge in [0.05, 0.1) is 13.2 Å². The molecule has 116 valence electrons. The molecule has 1 atom stereocenters. The maximum Gasteiger partial charge on any atom is 0.317 e. The van der Waals surface area contributed by atoms with Crippen LogP contribution in [0.5, 0.6) is 0 Å². The van der Waals surface area contributed by atoms with Crippen LogP contribution in [0.2, 0.25) is 0 Å². The summed E-state index contributed by atoms with van der Waals surface area (Å²) in [6.45, 7) is 2.55. The number of benzene rings is 1. The number of carbonyl (C=O) groups excluding carboxylic acids is 2. The Morgan fingerprint density at radius 3 is 2.52 bits per heavy atom. The minimum Gasteiger partial charge on any atom is -0.469 e. The van der Waals surface area contributed by atoms with Crippen molar-refractivity contribution in [3.8, 4) is 0 Å². The largest absolute Gasteiger partial charge is 0.469 e. The molecule has 0 spiro atoms. The molecule has 0 bridgehead atoms. The second kappa shape index (κ2) is 9.00. The number of hydrogen-bond donors (Lipinski definition) is 1. The van der Waals surface area contributed by atoms with Crippen LogP contribution in [0.1, 0.15) is 37.8 Å². The van der Waals surface area contributed by atoms with Gasteiger partial charge in [0.25, 0.3) is 0 Å². The number of nitrogens with zero attached hydrogens (tertiary/aromatic N) is 1. The van der Waals surface area contributed by atoms with Gasteiger partial charge in [0.2, 0.25) is 0 Å². The number of methoxy groups -OCH3 is 1. The Hall–Kier alpha value is -2.04. The zero-order valence-corrected chi connectivity index (χ0v) is 13.0. The Balaban J connectivity index is 2.30. The van der Waals surface area contributed by atoms with Crippen LogP contribution in [-0.2, 0) is 9.53 Å². The van der Waals surface area contributed by atoms with E-state index in [9.17, 15) is 9.59 Å². The zero-order chi connectivity index (χ0) is 15.7. The minimum absolute atomic E-state index is 0.0151. The predicted molar refractivity (Wildman–Crippen MR) is 81.9 cm³/mol. The molecule has 0 aliphatic rings. The van der Waals surface area contributed by atoms with Gasteiger partial charge in [-0.2, -0.15) is 0 Å². The first-order valence-electron chi connectivity index (χ1n) is 7.18. The molecule has 5 nitrogen and oxygen atoms in total. The first-order valence-corrected chi connectivity index (χ1v) is 7.18. The van der Waals surface area contributed by atoms with E-state index in [1.807, 2.05) is 37.3 Å². The fourth-order valence-electron chi connectivity index (χ4n) is 1.95. The molecule has 2 amide bonds. The van der Waals surface area contributed by atoms with Gasteiger partial charge < -0.3 is 15.0 Å². The quantitative estimate of drug-likeness (QED) is 0.621. The summed E-state index contributed by atoms with van der Waals surface area (Å²) >= 11 is 0. The first-order chi connectivity index (χ1) is 10.1. The molecule has 1 aromatic rings. The van der Waals surface area contributed by atoms with E-state index in [2.05, 4.69) is 10.1 Å². The molecule has 0 aromatic heterocycles. The summed E-state index contributed by atoms with van der Waals surface area (Å²) in [5.41, 5.74) is 1.10. The number of hydrogen-bond acceptors (Lipinski definition) is 3. The fourth-order valence-corrected chi connectivity index (χ4v) is 1.95. The monoisotopic (exact) mass is 292 g/mol. The molecule has 0 radical (unpaired) electrons. The summed E-state index contributed by atoms with van der Waals surface area (Å²) < 4.78 is 4.56. The van der Waals surface area contributed by atoms with Crippen LogP contribution >= 0.6 is 0 Å². The van der Waals surface area contributed by atoms with Crippen LogP contribution in [-0.4, -0.2) is 37.6 Å². The fraction of sp³-hybridized carbons (Fsp3) is 0.500. The maximum absolute atomic E-state index is 12.0. The lowest BCUT2D eigenvalue weighted by Crippen LogP contribution is -2.39. The summed E-state index contributed by atoms with van der Waals surface area (Å²) in [5, 5.41) is 2.86. The van der Waals surface area contributed by atoms with E-state index in [4.69, 9.17) is 0 Å². The van der Waals surface area contributed by atoms with Gasteiger partial charge in [0.15, 0.2) is 0 Å². The second-order valence-corrected chi connectivity index (χ2v) is 4.96. The van der Waals surface area contributed by atoms with E-state index < -0.39 is 0 Å². The van der Waals surface area contributed by atoms with Crippen molar-refractivity contribution in [1.82, 2.24) is 10.2 Å². The topological polar surface area (TPSA) is 58.6 Å². The van der Waals surface area contributed by atoms with Gasteiger partial charge in [-0.25, -0.2) is 4.79 Å². The van der Waals surface area contributed by atoms with Gasteiger partial charge in [0.1, 0.15) is 0 Å². The predicted octanol–water partition coefficient (Wildman–Crippen LogP) is 2.73. The Morgan fingerprint density at radius 1 is 1.24 bits per heavy atom. The smallest absolute Gasteiger partial charge is 0.317 e. The third-order valence-corrected chi connectivity index (χ3v) is 3.49. The molecule has 0 fully saturated rings. The minimum atomic E-state index is -0.212. The molecule has 0 aliphatic carbocycles. The van der Waals surface area contributed by atoms with E-state index in [1.165, 1.54) is 7.11 Å². The molecule has 0 saturated carbocycles. The van der Waals surface area contributed by atoms with Gasteiger partial charge in [-0.05, 0) is 25.3 Å². The summed E-state index contributed by atoms with van der Waals surface area (Å²) in [5.74, 6) is -0.212. The van der Waals surface area contributed by atoms with Crippen LogP contribution < -0.4 is 5.32 Å². The van der Waals surface area contributed by atoms with E-state index in [0.717, 1.165) is 12.0 Å². The summed E-state index contributed by atoms with van der Waals surface area (Å²) in [6.07, 6.45) is 1.86. The van der Waals surface area contributed by atoms with Crippen LogP contribution in [0.25, 0.3) is 0 Å². The van der Waals surface area contributed by atoms with E-state index >= 15 is 0 Å². The summed E-state index contributed by atoms with van der Waals surface area (Å²) in [6, 6.07) is 9.80. The van der Waals surface area contributed by atoms with Crippen LogP contribution in [0, 0.1) is 0 Å². The lowest BCUT2D eigenvalue weighted by molar-refractivity contribution is -0.140. The SMILES string of the molecule is COC(=O)CCCCNC(=O)N(C)C(C)c1ccccc1. The number of unbranched alkanes of at least 4 members (excludes halogenated alkanes) is 1. The maximum atomic E-state index is 12.0. The van der Waals surface area contributed by atoms with Gasteiger partial charge in [-0.3, -0.25) is 4.79 Å². The number of rotatable bonds is 7. The van der Waals surface area contributed by atoms with Gasteiger partial charge in [-0.15, -0.1) is 0 Å². The molecule has 5 heteroatoms. The van der Waals surface area contributed by atoms with Crippen LogP contribution in [0.3, 0.4) is 0 Å². The normalized spacial score (nSPS) is 11.6. The third kappa shape index (κ3) is 5.85. The standard InChI is InChI=1S/C16H24N2O3/c1-13(14-9-5-4-6-10-14)18(2)16(20)17-12-8-7-11-15(19)21-3/h4-6,9-10,13H,7-8,11-12H2,1-3H3,(H,17,20). The Kier molecular flexibility index (Phi) is 7.29. The van der Waals surface area contributed by atoms with Gasteiger partial charge in [-0.1, -0.05) is 30.3 Å². The van der Waals surface area contributed by atoms with Crippen molar-refractivity contribution in [2.45, 2.75) is 32.2 Å². The Morgan fingerprint density at radius 2 is 1.90 bits per heavy atom. The Labute approximate surface area is 126 Å². The molecule has 1 unspecified atom stereocenters. The molecular formula is C16H24N2O3. The molecule has 1 N–H and O–H groups in total. The number of esters is 1. The van der Waals surface area contributed by atoms with E-state index in [1.54, 1.807) is 11.9 Å². The summed E-state index contributed by atoms with van der Waals surface area (Å²) in [7, 11) is 3.16. The molecule has 21 heavy (non-hydrogen) atoms. The second-order valence-electron chi connectivity index (χ2n) is 4.96. The number of amides is 2. The number of carbonyl (C=O) groups is 2. The van der Waals surface area contributed by atoms with Crippen molar-refractivity contribution in [2.24, 2.45) is 0 Å². The van der Waals surface area contributed by atoms with Crippen molar-refractivity contribution in [3.05, 3.63) is 35.9 Å². The highest BCUT2D eigenvalue weighted by Gasteiger charge is 2.16. The van der Waals surface area contributed by atoms with Crippen LogP contribution in [0.4, 0.5) is 4.79 Å². The van der Waals surface area contributed by atoms with Crippen molar-refractivity contribution >= 4 is 12.0 Å². The average molecular weight is 292 g/mol. The van der Waals surface area contributed by atoms with Crippen molar-refractivity contribution in [3.63, 3.8) is 0 Å². The van der Waals surface area contributed by atoms with Crippen molar-refractivity contribution < 1.29 is 14.3 Å². The number of nitrogens with one attached hydrogen (secondary N) is 1. The molecule has 0 saturated heterocycles. The molecule has 0 heterocycles.